The Labute approximate surface area is 127 Å². The first-order valence-electron chi connectivity index (χ1n) is 7.47. The third-order valence-corrected chi connectivity index (χ3v) is 3.14. The third kappa shape index (κ3) is 5.17. The number of hydrogen-bond donors (Lipinski definition) is 1. The second-order valence-electron chi connectivity index (χ2n) is 5.28. The van der Waals surface area contributed by atoms with Crippen molar-refractivity contribution in [2.75, 3.05) is 44.4 Å². The van der Waals surface area contributed by atoms with Gasteiger partial charge in [-0.1, -0.05) is 13.8 Å². The van der Waals surface area contributed by atoms with E-state index in [9.17, 15) is 4.79 Å². The van der Waals surface area contributed by atoms with Crippen LogP contribution in [0.1, 0.15) is 26.7 Å². The monoisotopic (exact) mass is 293 g/mol. The van der Waals surface area contributed by atoms with Gasteiger partial charge in [0, 0.05) is 32.4 Å². The van der Waals surface area contributed by atoms with Crippen LogP contribution in [0.25, 0.3) is 0 Å². The highest BCUT2D eigenvalue weighted by Gasteiger charge is 2.14. The molecule has 0 fully saturated rings. The first kappa shape index (κ1) is 17.1. The SMILES string of the molecule is CCCOc1cc(N(CCC)CC(=O)N(C)C)ccc1N. The second kappa shape index (κ2) is 8.39. The number of nitrogens with zero attached hydrogens (tertiary/aromatic N) is 2. The van der Waals surface area contributed by atoms with Crippen LogP contribution in [0.5, 0.6) is 5.75 Å². The van der Waals surface area contributed by atoms with Crippen molar-refractivity contribution in [2.45, 2.75) is 26.7 Å². The Bertz CT molecular complexity index is 461. The Morgan fingerprint density at radius 2 is 1.95 bits per heavy atom. The summed E-state index contributed by atoms with van der Waals surface area (Å²) in [6, 6.07) is 5.69. The molecule has 0 aliphatic carbocycles. The van der Waals surface area contributed by atoms with Crippen LogP contribution in [0.15, 0.2) is 18.2 Å². The predicted molar refractivity (Wildman–Crippen MR) is 87.8 cm³/mol. The molecule has 0 saturated carbocycles. The molecule has 0 unspecified atom stereocenters. The van der Waals surface area contributed by atoms with Gasteiger partial charge in [-0.25, -0.2) is 0 Å². The Morgan fingerprint density at radius 1 is 1.24 bits per heavy atom. The summed E-state index contributed by atoms with van der Waals surface area (Å²) >= 11 is 0. The van der Waals surface area contributed by atoms with Crippen molar-refractivity contribution in [2.24, 2.45) is 0 Å². The first-order valence-corrected chi connectivity index (χ1v) is 7.47. The number of likely N-dealkylation sites (N-methyl/N-ethyl adjacent to an activating group) is 1. The van der Waals surface area contributed by atoms with Crippen LogP contribution in [0.3, 0.4) is 0 Å². The lowest BCUT2D eigenvalue weighted by atomic mass is 10.2. The Balaban J connectivity index is 2.93. The number of nitrogens with two attached hydrogens (primary N) is 1. The molecular formula is C16H27N3O2. The van der Waals surface area contributed by atoms with Gasteiger partial charge in [-0.05, 0) is 25.0 Å². The highest BCUT2D eigenvalue weighted by molar-refractivity contribution is 5.81. The van der Waals surface area contributed by atoms with Crippen LogP contribution in [0.2, 0.25) is 0 Å². The van der Waals surface area contributed by atoms with Gasteiger partial charge in [-0.3, -0.25) is 4.79 Å². The maximum absolute atomic E-state index is 12.0. The zero-order valence-electron chi connectivity index (χ0n) is 13.6. The van der Waals surface area contributed by atoms with Gasteiger partial charge in [-0.15, -0.1) is 0 Å². The van der Waals surface area contributed by atoms with E-state index in [-0.39, 0.29) is 5.91 Å². The molecule has 0 aromatic heterocycles. The normalized spacial score (nSPS) is 10.3. The molecular weight excluding hydrogens is 266 g/mol. The van der Waals surface area contributed by atoms with Gasteiger partial charge in [-0.2, -0.15) is 0 Å². The lowest BCUT2D eigenvalue weighted by molar-refractivity contribution is -0.127. The van der Waals surface area contributed by atoms with Gasteiger partial charge < -0.3 is 20.3 Å². The fourth-order valence-electron chi connectivity index (χ4n) is 1.93. The maximum atomic E-state index is 12.0. The molecule has 1 amide bonds. The molecule has 1 aromatic rings. The van der Waals surface area contributed by atoms with Crippen molar-refractivity contribution in [1.29, 1.82) is 0 Å². The van der Waals surface area contributed by atoms with Crippen molar-refractivity contribution in [1.82, 2.24) is 4.90 Å². The summed E-state index contributed by atoms with van der Waals surface area (Å²) in [5, 5.41) is 0. The Morgan fingerprint density at radius 3 is 2.52 bits per heavy atom. The molecule has 5 heteroatoms. The van der Waals surface area contributed by atoms with Crippen LogP contribution in [-0.2, 0) is 4.79 Å². The van der Waals surface area contributed by atoms with Crippen LogP contribution in [0, 0.1) is 0 Å². The highest BCUT2D eigenvalue weighted by Crippen LogP contribution is 2.28. The molecule has 1 aromatic carbocycles. The third-order valence-electron chi connectivity index (χ3n) is 3.14. The second-order valence-corrected chi connectivity index (χ2v) is 5.28. The van der Waals surface area contributed by atoms with E-state index in [1.807, 2.05) is 18.2 Å². The Hall–Kier alpha value is -1.91. The molecule has 118 valence electrons. The number of carbonyl (C=O) groups is 1. The lowest BCUT2D eigenvalue weighted by Gasteiger charge is -2.26. The summed E-state index contributed by atoms with van der Waals surface area (Å²) < 4.78 is 5.66. The van der Waals surface area contributed by atoms with E-state index >= 15 is 0 Å². The van der Waals surface area contributed by atoms with Crippen LogP contribution in [0.4, 0.5) is 11.4 Å². The van der Waals surface area contributed by atoms with Crippen molar-refractivity contribution in [3.05, 3.63) is 18.2 Å². The van der Waals surface area contributed by atoms with Crippen LogP contribution in [-0.4, -0.2) is 44.6 Å². The van der Waals surface area contributed by atoms with E-state index in [0.717, 1.165) is 25.1 Å². The zero-order chi connectivity index (χ0) is 15.8. The van der Waals surface area contributed by atoms with Gasteiger partial charge in [0.15, 0.2) is 0 Å². The highest BCUT2D eigenvalue weighted by atomic mass is 16.5. The van der Waals surface area contributed by atoms with Crippen molar-refractivity contribution >= 4 is 17.3 Å². The van der Waals surface area contributed by atoms with E-state index in [4.69, 9.17) is 10.5 Å². The average Bonchev–Trinajstić information content (AvgIpc) is 2.45. The fourth-order valence-corrected chi connectivity index (χ4v) is 1.93. The number of anilines is 2. The molecule has 0 radical (unpaired) electrons. The lowest BCUT2D eigenvalue weighted by Crippen LogP contribution is -2.37. The fraction of sp³-hybridized carbons (Fsp3) is 0.562. The number of benzene rings is 1. The van der Waals surface area contributed by atoms with Crippen LogP contribution < -0.4 is 15.4 Å². The van der Waals surface area contributed by atoms with Crippen molar-refractivity contribution in [3.63, 3.8) is 0 Å². The largest absolute Gasteiger partial charge is 0.491 e. The summed E-state index contributed by atoms with van der Waals surface area (Å²) in [6.45, 7) is 5.96. The summed E-state index contributed by atoms with van der Waals surface area (Å²) in [5.74, 6) is 0.768. The summed E-state index contributed by atoms with van der Waals surface area (Å²) in [7, 11) is 3.54. The number of carbonyl (C=O) groups excluding carboxylic acids is 1. The van der Waals surface area contributed by atoms with E-state index in [1.165, 1.54) is 0 Å². The molecule has 21 heavy (non-hydrogen) atoms. The quantitative estimate of drug-likeness (QED) is 0.748. The minimum Gasteiger partial charge on any atom is -0.491 e. The van der Waals surface area contributed by atoms with Gasteiger partial charge in [0.25, 0.3) is 0 Å². The molecule has 0 saturated heterocycles. The predicted octanol–water partition coefficient (Wildman–Crippen LogP) is 2.36. The van der Waals surface area contributed by atoms with E-state index in [0.29, 0.717) is 24.6 Å². The number of hydrogen-bond acceptors (Lipinski definition) is 4. The molecule has 5 nitrogen and oxygen atoms in total. The minimum absolute atomic E-state index is 0.0799. The standard InChI is InChI=1S/C16H27N3O2/c1-5-9-19(12-16(20)18(3)4)13-7-8-14(17)15(11-13)21-10-6-2/h7-8,11H,5-6,9-10,12,17H2,1-4H3. The number of ether oxygens (including phenoxy) is 1. The smallest absolute Gasteiger partial charge is 0.241 e. The topological polar surface area (TPSA) is 58.8 Å². The molecule has 0 spiro atoms. The summed E-state index contributed by atoms with van der Waals surface area (Å²) in [5.41, 5.74) is 7.53. The minimum atomic E-state index is 0.0799. The van der Waals surface area contributed by atoms with Gasteiger partial charge >= 0.3 is 0 Å². The van der Waals surface area contributed by atoms with Gasteiger partial charge in [0.05, 0.1) is 18.8 Å². The molecule has 0 aliphatic heterocycles. The summed E-state index contributed by atoms with van der Waals surface area (Å²) in [6.07, 6.45) is 1.90. The van der Waals surface area contributed by atoms with Gasteiger partial charge in [0.1, 0.15) is 5.75 Å². The van der Waals surface area contributed by atoms with E-state index in [1.54, 1.807) is 19.0 Å². The number of rotatable bonds is 8. The Kier molecular flexibility index (Phi) is 6.85. The molecule has 1 rings (SSSR count). The van der Waals surface area contributed by atoms with Crippen molar-refractivity contribution < 1.29 is 9.53 Å². The molecule has 0 heterocycles. The average molecular weight is 293 g/mol. The molecule has 0 atom stereocenters. The van der Waals surface area contributed by atoms with E-state index < -0.39 is 0 Å². The first-order chi connectivity index (χ1) is 9.99. The molecule has 0 aliphatic rings. The number of nitrogen functional groups attached to an aromatic ring is 1. The maximum Gasteiger partial charge on any atom is 0.241 e. The summed E-state index contributed by atoms with van der Waals surface area (Å²) in [4.78, 5) is 15.6. The van der Waals surface area contributed by atoms with Gasteiger partial charge in [0.2, 0.25) is 5.91 Å². The van der Waals surface area contributed by atoms with E-state index in [2.05, 4.69) is 18.7 Å². The van der Waals surface area contributed by atoms with Crippen molar-refractivity contribution in [3.8, 4) is 5.75 Å². The molecule has 2 N–H and O–H groups in total. The number of amides is 1. The molecule has 0 bridgehead atoms. The van der Waals surface area contributed by atoms with Crippen LogP contribution >= 0.6 is 0 Å². The zero-order valence-corrected chi connectivity index (χ0v) is 13.6.